The van der Waals surface area contributed by atoms with Crippen molar-refractivity contribution in [2.75, 3.05) is 19.6 Å². The molecule has 0 unspecified atom stereocenters. The lowest BCUT2D eigenvalue weighted by molar-refractivity contribution is 0.165. The molecule has 1 aromatic rings. The van der Waals surface area contributed by atoms with Gasteiger partial charge in [0.25, 0.3) is 0 Å². The summed E-state index contributed by atoms with van der Waals surface area (Å²) in [5, 5.41) is 7.69. The molecule has 5 heteroatoms. The first-order valence-corrected chi connectivity index (χ1v) is 8.25. The van der Waals surface area contributed by atoms with E-state index < -0.39 is 0 Å². The zero-order valence-corrected chi connectivity index (χ0v) is 14.0. The van der Waals surface area contributed by atoms with Gasteiger partial charge in [-0.25, -0.2) is 0 Å². The van der Waals surface area contributed by atoms with Gasteiger partial charge in [0.1, 0.15) is 0 Å². The Morgan fingerprint density at radius 3 is 2.62 bits per heavy atom. The van der Waals surface area contributed by atoms with E-state index in [1.54, 1.807) is 0 Å². The lowest BCUT2D eigenvalue weighted by Gasteiger charge is -2.33. The molecule has 0 spiro atoms. The van der Waals surface area contributed by atoms with E-state index in [1.807, 2.05) is 0 Å². The van der Waals surface area contributed by atoms with E-state index in [0.29, 0.717) is 0 Å². The van der Waals surface area contributed by atoms with Gasteiger partial charge in [-0.1, -0.05) is 12.1 Å². The summed E-state index contributed by atoms with van der Waals surface area (Å²) in [5.41, 5.74) is 0.220. The van der Waals surface area contributed by atoms with Crippen molar-refractivity contribution in [1.82, 2.24) is 20.4 Å². The van der Waals surface area contributed by atoms with Crippen LogP contribution in [0.2, 0.25) is 0 Å². The molecule has 0 aliphatic carbocycles. The maximum Gasteiger partial charge on any atom is 0.226 e. The highest BCUT2D eigenvalue weighted by Gasteiger charge is 2.22. The third kappa shape index (κ3) is 5.75. The van der Waals surface area contributed by atoms with E-state index in [2.05, 4.69) is 48.1 Å². The van der Waals surface area contributed by atoms with E-state index >= 15 is 0 Å². The molecule has 2 heterocycles. The Morgan fingerprint density at radius 1 is 1.29 bits per heavy atom. The molecule has 1 fully saturated rings. The minimum atomic E-state index is 0.220. The largest absolute Gasteiger partial charge is 0.339 e. The van der Waals surface area contributed by atoms with Crippen LogP contribution in [-0.4, -0.2) is 40.2 Å². The summed E-state index contributed by atoms with van der Waals surface area (Å²) in [4.78, 5) is 6.89. The van der Waals surface area contributed by atoms with Crippen molar-refractivity contribution in [3.8, 4) is 0 Å². The van der Waals surface area contributed by atoms with Crippen molar-refractivity contribution in [2.45, 2.75) is 65.5 Å². The second-order valence-corrected chi connectivity index (χ2v) is 7.20. The fourth-order valence-corrected chi connectivity index (χ4v) is 2.67. The van der Waals surface area contributed by atoms with E-state index in [0.717, 1.165) is 56.7 Å². The number of piperidine rings is 1. The maximum atomic E-state index is 5.25. The number of rotatable bonds is 6. The van der Waals surface area contributed by atoms with Gasteiger partial charge in [0.05, 0.1) is 6.54 Å². The molecule has 21 heavy (non-hydrogen) atoms. The van der Waals surface area contributed by atoms with Crippen molar-refractivity contribution in [2.24, 2.45) is 5.92 Å². The molecular weight excluding hydrogens is 264 g/mol. The summed E-state index contributed by atoms with van der Waals surface area (Å²) >= 11 is 0. The van der Waals surface area contributed by atoms with Gasteiger partial charge in [-0.3, -0.25) is 4.90 Å². The number of nitrogens with zero attached hydrogens (tertiary/aromatic N) is 3. The molecule has 0 amide bonds. The standard InChI is InChI=1S/C16H30N4O/c1-5-6-15-18-14(19-21-15)12-20-9-7-13(8-10-20)11-17-16(2,3)4/h13,17H,5-12H2,1-4H3. The molecule has 1 saturated heterocycles. The van der Waals surface area contributed by atoms with E-state index in [9.17, 15) is 0 Å². The smallest absolute Gasteiger partial charge is 0.226 e. The normalized spacial score (nSPS) is 18.3. The molecule has 1 aromatic heterocycles. The average Bonchev–Trinajstić information content (AvgIpc) is 2.85. The summed E-state index contributed by atoms with van der Waals surface area (Å²) in [6, 6.07) is 0. The van der Waals surface area contributed by atoms with E-state index in [-0.39, 0.29) is 5.54 Å². The van der Waals surface area contributed by atoms with Crippen molar-refractivity contribution >= 4 is 0 Å². The van der Waals surface area contributed by atoms with Crippen molar-refractivity contribution in [1.29, 1.82) is 0 Å². The molecular formula is C16H30N4O. The first-order chi connectivity index (χ1) is 9.96. The van der Waals surface area contributed by atoms with Crippen LogP contribution in [0.4, 0.5) is 0 Å². The van der Waals surface area contributed by atoms with E-state index in [4.69, 9.17) is 4.52 Å². The van der Waals surface area contributed by atoms with Gasteiger partial charge in [-0.05, 0) is 65.6 Å². The minimum absolute atomic E-state index is 0.220. The number of hydrogen-bond donors (Lipinski definition) is 1. The summed E-state index contributed by atoms with van der Waals surface area (Å²) in [5.74, 6) is 2.41. The monoisotopic (exact) mass is 294 g/mol. The number of aromatic nitrogens is 2. The summed E-state index contributed by atoms with van der Waals surface area (Å²) in [6.07, 6.45) is 4.44. The molecule has 2 rings (SSSR count). The van der Waals surface area contributed by atoms with Crippen LogP contribution < -0.4 is 5.32 Å². The van der Waals surface area contributed by atoms with Crippen LogP contribution in [0.3, 0.4) is 0 Å². The van der Waals surface area contributed by atoms with Crippen LogP contribution in [-0.2, 0) is 13.0 Å². The van der Waals surface area contributed by atoms with Gasteiger partial charge in [0, 0.05) is 12.0 Å². The Balaban J connectivity index is 1.71. The Morgan fingerprint density at radius 2 is 2.00 bits per heavy atom. The summed E-state index contributed by atoms with van der Waals surface area (Å²) in [6.45, 7) is 13.0. The number of aryl methyl sites for hydroxylation is 1. The van der Waals surface area contributed by atoms with Crippen LogP contribution in [0.15, 0.2) is 4.52 Å². The zero-order valence-electron chi connectivity index (χ0n) is 14.0. The van der Waals surface area contributed by atoms with Crippen LogP contribution in [0, 0.1) is 5.92 Å². The second kappa shape index (κ2) is 7.36. The molecule has 1 N–H and O–H groups in total. The molecule has 5 nitrogen and oxygen atoms in total. The fraction of sp³-hybridized carbons (Fsp3) is 0.875. The lowest BCUT2D eigenvalue weighted by atomic mass is 9.95. The van der Waals surface area contributed by atoms with Gasteiger partial charge >= 0.3 is 0 Å². The fourth-order valence-electron chi connectivity index (χ4n) is 2.67. The van der Waals surface area contributed by atoms with Gasteiger partial charge in [0.2, 0.25) is 5.89 Å². The molecule has 0 bridgehead atoms. The zero-order chi connectivity index (χ0) is 15.3. The average molecular weight is 294 g/mol. The molecule has 1 aliphatic heterocycles. The molecule has 120 valence electrons. The number of likely N-dealkylation sites (tertiary alicyclic amines) is 1. The number of nitrogens with one attached hydrogen (secondary N) is 1. The SMILES string of the molecule is CCCc1nc(CN2CCC(CNC(C)(C)C)CC2)no1. The topological polar surface area (TPSA) is 54.2 Å². The highest BCUT2D eigenvalue weighted by Crippen LogP contribution is 2.18. The Hall–Kier alpha value is -0.940. The Labute approximate surface area is 128 Å². The lowest BCUT2D eigenvalue weighted by Crippen LogP contribution is -2.42. The molecule has 0 aromatic carbocycles. The van der Waals surface area contributed by atoms with Gasteiger partial charge in [-0.2, -0.15) is 4.98 Å². The highest BCUT2D eigenvalue weighted by molar-refractivity contribution is 4.88. The molecule has 0 atom stereocenters. The van der Waals surface area contributed by atoms with Crippen molar-refractivity contribution < 1.29 is 4.52 Å². The van der Waals surface area contributed by atoms with Crippen LogP contribution in [0.5, 0.6) is 0 Å². The third-order valence-corrected chi connectivity index (χ3v) is 3.97. The predicted molar refractivity (Wildman–Crippen MR) is 84.0 cm³/mol. The second-order valence-electron chi connectivity index (χ2n) is 7.20. The van der Waals surface area contributed by atoms with Crippen molar-refractivity contribution in [3.63, 3.8) is 0 Å². The van der Waals surface area contributed by atoms with Gasteiger partial charge < -0.3 is 9.84 Å². The first kappa shape index (κ1) is 16.4. The summed E-state index contributed by atoms with van der Waals surface area (Å²) < 4.78 is 5.25. The first-order valence-electron chi connectivity index (χ1n) is 8.25. The third-order valence-electron chi connectivity index (χ3n) is 3.97. The number of hydrogen-bond acceptors (Lipinski definition) is 5. The Bertz CT molecular complexity index is 416. The maximum absolute atomic E-state index is 5.25. The predicted octanol–water partition coefficient (Wildman–Crippen LogP) is 2.62. The molecule has 0 saturated carbocycles. The minimum Gasteiger partial charge on any atom is -0.339 e. The molecule has 0 radical (unpaired) electrons. The molecule has 1 aliphatic rings. The summed E-state index contributed by atoms with van der Waals surface area (Å²) in [7, 11) is 0. The van der Waals surface area contributed by atoms with Crippen LogP contribution >= 0.6 is 0 Å². The van der Waals surface area contributed by atoms with Gasteiger partial charge in [-0.15, -0.1) is 0 Å². The van der Waals surface area contributed by atoms with Gasteiger partial charge in [0.15, 0.2) is 5.82 Å². The van der Waals surface area contributed by atoms with Crippen LogP contribution in [0.25, 0.3) is 0 Å². The van der Waals surface area contributed by atoms with Crippen molar-refractivity contribution in [3.05, 3.63) is 11.7 Å². The quantitative estimate of drug-likeness (QED) is 0.874. The van der Waals surface area contributed by atoms with E-state index in [1.165, 1.54) is 12.8 Å². The Kier molecular flexibility index (Phi) is 5.76. The van der Waals surface area contributed by atoms with Crippen LogP contribution in [0.1, 0.15) is 58.7 Å². The highest BCUT2D eigenvalue weighted by atomic mass is 16.5.